The van der Waals surface area contributed by atoms with Crippen LogP contribution in [0.5, 0.6) is 0 Å². The van der Waals surface area contributed by atoms with Crippen molar-refractivity contribution in [2.45, 2.75) is 65.3 Å². The zero-order chi connectivity index (χ0) is 26.2. The molecule has 202 valence electrons. The second kappa shape index (κ2) is 17.2. The fraction of sp³-hybridized carbons (Fsp3) is 0.818. The van der Waals surface area contributed by atoms with Crippen molar-refractivity contribution in [1.82, 2.24) is 5.32 Å². The molecule has 1 fully saturated rings. The van der Waals surface area contributed by atoms with E-state index in [-0.39, 0.29) is 19.8 Å². The molecule has 1 rings (SSSR count). The Labute approximate surface area is 205 Å². The Morgan fingerprint density at radius 3 is 1.80 bits per heavy atom. The number of rotatable bonds is 16. The summed E-state index contributed by atoms with van der Waals surface area (Å²) in [5.74, 6) is -2.40. The van der Waals surface area contributed by atoms with E-state index in [2.05, 4.69) is 5.32 Å². The molecule has 0 bridgehead atoms. The molecule has 35 heavy (non-hydrogen) atoms. The van der Waals surface area contributed by atoms with Crippen molar-refractivity contribution in [3.8, 4) is 0 Å². The number of esters is 3. The van der Waals surface area contributed by atoms with Gasteiger partial charge in [-0.15, -0.1) is 0 Å². The van der Waals surface area contributed by atoms with Crippen molar-refractivity contribution in [1.29, 1.82) is 0 Å². The van der Waals surface area contributed by atoms with Gasteiger partial charge in [-0.3, -0.25) is 19.2 Å². The van der Waals surface area contributed by atoms with Crippen LogP contribution in [0.15, 0.2) is 0 Å². The van der Waals surface area contributed by atoms with E-state index in [0.29, 0.717) is 33.0 Å². The minimum atomic E-state index is -1.17. The number of carbonyl (C=O) groups is 4. The van der Waals surface area contributed by atoms with Crippen LogP contribution in [0.2, 0.25) is 0 Å². The summed E-state index contributed by atoms with van der Waals surface area (Å²) in [4.78, 5) is 46.8. The highest BCUT2D eigenvalue weighted by Gasteiger charge is 2.51. The van der Waals surface area contributed by atoms with Crippen molar-refractivity contribution in [2.24, 2.45) is 0 Å². The molecule has 1 amide bonds. The van der Waals surface area contributed by atoms with Gasteiger partial charge in [0.15, 0.2) is 18.5 Å². The van der Waals surface area contributed by atoms with Gasteiger partial charge in [0.2, 0.25) is 5.91 Å². The van der Waals surface area contributed by atoms with Crippen LogP contribution in [0.25, 0.3) is 0 Å². The van der Waals surface area contributed by atoms with Crippen LogP contribution >= 0.6 is 0 Å². The molecule has 0 spiro atoms. The van der Waals surface area contributed by atoms with E-state index in [1.807, 2.05) is 6.92 Å². The summed E-state index contributed by atoms with van der Waals surface area (Å²) in [6.07, 6.45) is -4.49. The SMILES string of the molecule is CCOCCOCCOCCO[C@@H]1O[C@H](COC(C)=O)[C@H](OC(C)=O)[C@H](OC(C)=O)[C@H]1NC(C)=O. The quantitative estimate of drug-likeness (QED) is 0.166. The van der Waals surface area contributed by atoms with E-state index in [4.69, 9.17) is 37.9 Å². The van der Waals surface area contributed by atoms with E-state index in [1.165, 1.54) is 27.7 Å². The van der Waals surface area contributed by atoms with Crippen LogP contribution in [-0.2, 0) is 57.1 Å². The third kappa shape index (κ3) is 12.8. The van der Waals surface area contributed by atoms with Gasteiger partial charge in [0, 0.05) is 34.3 Å². The summed E-state index contributed by atoms with van der Waals surface area (Å²) in [7, 11) is 0. The average Bonchev–Trinajstić information content (AvgIpc) is 2.76. The molecule has 5 atom stereocenters. The van der Waals surface area contributed by atoms with E-state index >= 15 is 0 Å². The van der Waals surface area contributed by atoms with Crippen LogP contribution < -0.4 is 5.32 Å². The highest BCUT2D eigenvalue weighted by molar-refractivity contribution is 5.73. The molecule has 1 saturated heterocycles. The maximum absolute atomic E-state index is 11.9. The molecule has 0 aliphatic carbocycles. The highest BCUT2D eigenvalue weighted by Crippen LogP contribution is 2.28. The molecule has 1 N–H and O–H groups in total. The topological polar surface area (TPSA) is 154 Å². The van der Waals surface area contributed by atoms with Crippen LogP contribution in [0.1, 0.15) is 34.6 Å². The lowest BCUT2D eigenvalue weighted by atomic mass is 9.96. The normalized spacial score (nSPS) is 23.9. The number of hydrogen-bond acceptors (Lipinski definition) is 12. The smallest absolute Gasteiger partial charge is 0.303 e. The van der Waals surface area contributed by atoms with Gasteiger partial charge in [-0.25, -0.2) is 0 Å². The Hall–Kier alpha value is -2.32. The first-order valence-electron chi connectivity index (χ1n) is 11.4. The Morgan fingerprint density at radius 1 is 0.743 bits per heavy atom. The Kier molecular flexibility index (Phi) is 15.1. The van der Waals surface area contributed by atoms with E-state index in [1.54, 1.807) is 0 Å². The van der Waals surface area contributed by atoms with Gasteiger partial charge in [-0.1, -0.05) is 0 Å². The lowest BCUT2D eigenvalue weighted by Gasteiger charge is -2.44. The van der Waals surface area contributed by atoms with E-state index in [9.17, 15) is 19.2 Å². The molecular formula is C22H37NO12. The third-order valence-electron chi connectivity index (χ3n) is 4.53. The molecule has 0 radical (unpaired) electrons. The molecule has 1 aliphatic rings. The van der Waals surface area contributed by atoms with Gasteiger partial charge in [-0.2, -0.15) is 0 Å². The molecule has 13 heteroatoms. The second-order valence-electron chi connectivity index (χ2n) is 7.51. The maximum Gasteiger partial charge on any atom is 0.303 e. The summed E-state index contributed by atoms with van der Waals surface area (Å²) >= 11 is 0. The summed E-state index contributed by atoms with van der Waals surface area (Å²) in [5.41, 5.74) is 0. The van der Waals surface area contributed by atoms with Crippen molar-refractivity contribution in [3.63, 3.8) is 0 Å². The largest absolute Gasteiger partial charge is 0.463 e. The summed E-state index contributed by atoms with van der Waals surface area (Å²) < 4.78 is 43.4. The minimum absolute atomic E-state index is 0.0605. The standard InChI is InChI=1S/C22H37NO12/c1-6-28-7-8-29-9-10-30-11-12-31-22-19(23-14(2)24)21(34-17(5)27)20(33-16(4)26)18(35-22)13-32-15(3)25/h18-22H,6-13H2,1-5H3,(H,23,24)/t18-,19-,20+,21-,22-/m1/s1. The molecule has 1 aliphatic heterocycles. The number of amides is 1. The molecule has 0 aromatic rings. The first-order valence-corrected chi connectivity index (χ1v) is 11.4. The fourth-order valence-electron chi connectivity index (χ4n) is 3.24. The number of ether oxygens (including phenoxy) is 8. The van der Waals surface area contributed by atoms with Crippen LogP contribution in [-0.4, -0.2) is 107 Å². The lowest BCUT2D eigenvalue weighted by molar-refractivity contribution is -0.279. The zero-order valence-corrected chi connectivity index (χ0v) is 20.9. The van der Waals surface area contributed by atoms with Gasteiger partial charge < -0.3 is 43.2 Å². The first kappa shape index (κ1) is 30.7. The summed E-state index contributed by atoms with van der Waals surface area (Å²) in [6.45, 7) is 8.97. The predicted molar refractivity (Wildman–Crippen MR) is 118 cm³/mol. The number of carbonyl (C=O) groups excluding carboxylic acids is 4. The van der Waals surface area contributed by atoms with Gasteiger partial charge in [-0.05, 0) is 6.92 Å². The van der Waals surface area contributed by atoms with Crippen LogP contribution in [0.3, 0.4) is 0 Å². The monoisotopic (exact) mass is 507 g/mol. The van der Waals surface area contributed by atoms with Crippen molar-refractivity contribution in [2.75, 3.05) is 52.9 Å². The van der Waals surface area contributed by atoms with Gasteiger partial charge in [0.1, 0.15) is 18.8 Å². The third-order valence-corrected chi connectivity index (χ3v) is 4.53. The molecule has 1 heterocycles. The second-order valence-corrected chi connectivity index (χ2v) is 7.51. The van der Waals surface area contributed by atoms with Gasteiger partial charge in [0.25, 0.3) is 0 Å². The molecule has 0 saturated carbocycles. The van der Waals surface area contributed by atoms with Crippen molar-refractivity contribution >= 4 is 23.8 Å². The fourth-order valence-corrected chi connectivity index (χ4v) is 3.24. The average molecular weight is 508 g/mol. The molecular weight excluding hydrogens is 470 g/mol. The van der Waals surface area contributed by atoms with Crippen molar-refractivity contribution in [3.05, 3.63) is 0 Å². The summed E-state index contributed by atoms with van der Waals surface area (Å²) in [6, 6.07) is -1.02. The number of hydrogen-bond donors (Lipinski definition) is 1. The number of nitrogens with one attached hydrogen (secondary N) is 1. The zero-order valence-electron chi connectivity index (χ0n) is 20.9. The van der Waals surface area contributed by atoms with Gasteiger partial charge in [0.05, 0.1) is 39.6 Å². The Bertz CT molecular complexity index is 673. The molecule has 0 unspecified atom stereocenters. The maximum atomic E-state index is 11.9. The molecule has 0 aromatic heterocycles. The summed E-state index contributed by atoms with van der Waals surface area (Å²) in [5, 5.41) is 2.62. The Morgan fingerprint density at radius 2 is 1.29 bits per heavy atom. The lowest BCUT2D eigenvalue weighted by Crippen LogP contribution is -2.66. The van der Waals surface area contributed by atoms with Crippen molar-refractivity contribution < 1.29 is 57.1 Å². The first-order chi connectivity index (χ1) is 16.6. The van der Waals surface area contributed by atoms with E-state index in [0.717, 1.165) is 0 Å². The highest BCUT2D eigenvalue weighted by atomic mass is 16.7. The van der Waals surface area contributed by atoms with Crippen LogP contribution in [0, 0.1) is 0 Å². The predicted octanol–water partition coefficient (Wildman–Crippen LogP) is -0.271. The van der Waals surface area contributed by atoms with Crippen LogP contribution in [0.4, 0.5) is 0 Å². The molecule has 13 nitrogen and oxygen atoms in total. The Balaban J connectivity index is 2.83. The minimum Gasteiger partial charge on any atom is -0.463 e. The van der Waals surface area contributed by atoms with E-state index < -0.39 is 54.5 Å². The molecule has 0 aromatic carbocycles. The van der Waals surface area contributed by atoms with Gasteiger partial charge >= 0.3 is 17.9 Å².